The van der Waals surface area contributed by atoms with E-state index in [1.807, 2.05) is 17.9 Å². The number of anilines is 4. The molecule has 3 N–H and O–H groups in total. The van der Waals surface area contributed by atoms with E-state index in [-0.39, 0.29) is 17.1 Å². The van der Waals surface area contributed by atoms with Crippen molar-refractivity contribution in [3.05, 3.63) is 35.6 Å². The van der Waals surface area contributed by atoms with Crippen molar-refractivity contribution in [2.24, 2.45) is 0 Å². The van der Waals surface area contributed by atoms with Gasteiger partial charge in [-0.15, -0.1) is 0 Å². The summed E-state index contributed by atoms with van der Waals surface area (Å²) in [5.74, 6) is 1.94. The van der Waals surface area contributed by atoms with Crippen LogP contribution >= 0.6 is 11.6 Å². The molecule has 1 unspecified atom stereocenters. The highest BCUT2D eigenvalue weighted by molar-refractivity contribution is 6.28. The van der Waals surface area contributed by atoms with Gasteiger partial charge in [0.25, 0.3) is 5.91 Å². The van der Waals surface area contributed by atoms with Crippen LogP contribution < -0.4 is 15.5 Å². The lowest BCUT2D eigenvalue weighted by atomic mass is 9.98. The zero-order valence-electron chi connectivity index (χ0n) is 16.8. The lowest BCUT2D eigenvalue weighted by Crippen LogP contribution is -2.51. The average Bonchev–Trinajstić information content (AvgIpc) is 3.37. The average molecular weight is 441 g/mol. The molecule has 5 rings (SSSR count). The Balaban J connectivity index is 1.38. The van der Waals surface area contributed by atoms with E-state index in [2.05, 4.69) is 45.8 Å². The van der Waals surface area contributed by atoms with E-state index >= 15 is 0 Å². The van der Waals surface area contributed by atoms with Crippen LogP contribution in [-0.2, 0) is 4.79 Å². The van der Waals surface area contributed by atoms with E-state index in [4.69, 9.17) is 11.6 Å². The Hall–Kier alpha value is -3.34. The molecule has 31 heavy (non-hydrogen) atoms. The van der Waals surface area contributed by atoms with Gasteiger partial charge in [-0.3, -0.25) is 14.9 Å². The minimum atomic E-state index is -0.870. The second-order valence-electron chi connectivity index (χ2n) is 7.91. The SMILES string of the molecule is CC1(C(=O)Nc2cnccn2)CCCN1c1nc(Cl)nc(Nc2cc(C3CC3)[nH]n2)n1. The summed E-state index contributed by atoms with van der Waals surface area (Å²) in [7, 11) is 0. The van der Waals surface area contributed by atoms with Crippen molar-refractivity contribution in [3.63, 3.8) is 0 Å². The summed E-state index contributed by atoms with van der Waals surface area (Å²) in [6, 6.07) is 1.95. The van der Waals surface area contributed by atoms with E-state index in [1.54, 1.807) is 6.20 Å². The molecule has 4 heterocycles. The summed E-state index contributed by atoms with van der Waals surface area (Å²) in [6.45, 7) is 2.46. The van der Waals surface area contributed by atoms with Gasteiger partial charge in [0.2, 0.25) is 17.2 Å². The quantitative estimate of drug-likeness (QED) is 0.528. The number of hydrogen-bond donors (Lipinski definition) is 3. The number of carbonyl (C=O) groups excluding carboxylic acids is 1. The van der Waals surface area contributed by atoms with Gasteiger partial charge in [-0.05, 0) is 44.2 Å². The van der Waals surface area contributed by atoms with Crippen LogP contribution in [0.4, 0.5) is 23.5 Å². The Labute approximate surface area is 183 Å². The van der Waals surface area contributed by atoms with Gasteiger partial charge < -0.3 is 15.5 Å². The number of nitrogens with zero attached hydrogens (tertiary/aromatic N) is 7. The second-order valence-corrected chi connectivity index (χ2v) is 8.25. The molecule has 2 aliphatic rings. The Bertz CT molecular complexity index is 1100. The predicted octanol–water partition coefficient (Wildman–Crippen LogP) is 2.66. The summed E-state index contributed by atoms with van der Waals surface area (Å²) in [6.07, 6.45) is 8.37. The Morgan fingerprint density at radius 3 is 2.90 bits per heavy atom. The van der Waals surface area contributed by atoms with Crippen LogP contribution in [0.2, 0.25) is 5.28 Å². The maximum atomic E-state index is 13.1. The second kappa shape index (κ2) is 7.73. The number of aromatic amines is 1. The third-order valence-electron chi connectivity index (χ3n) is 5.63. The molecular formula is C19H21ClN10O. The first-order valence-electron chi connectivity index (χ1n) is 10.1. The summed E-state index contributed by atoms with van der Waals surface area (Å²) < 4.78 is 0. The molecule has 160 valence electrons. The first-order valence-corrected chi connectivity index (χ1v) is 10.5. The first-order chi connectivity index (χ1) is 15.0. The number of amides is 1. The number of rotatable bonds is 6. The molecule has 1 amide bonds. The van der Waals surface area contributed by atoms with Crippen molar-refractivity contribution in [1.29, 1.82) is 0 Å². The molecule has 12 heteroatoms. The highest BCUT2D eigenvalue weighted by atomic mass is 35.5. The van der Waals surface area contributed by atoms with Crippen LogP contribution in [0.25, 0.3) is 0 Å². The fourth-order valence-electron chi connectivity index (χ4n) is 3.77. The number of halogens is 1. The topological polar surface area (TPSA) is 138 Å². The third-order valence-corrected chi connectivity index (χ3v) is 5.80. The molecule has 1 saturated heterocycles. The van der Waals surface area contributed by atoms with E-state index < -0.39 is 5.54 Å². The number of aromatic nitrogens is 7. The maximum Gasteiger partial charge on any atom is 0.251 e. The van der Waals surface area contributed by atoms with Crippen molar-refractivity contribution in [1.82, 2.24) is 35.1 Å². The molecule has 2 fully saturated rings. The van der Waals surface area contributed by atoms with Gasteiger partial charge in [-0.25, -0.2) is 4.98 Å². The van der Waals surface area contributed by atoms with E-state index in [0.29, 0.717) is 36.5 Å². The Kier molecular flexibility index (Phi) is 4.89. The van der Waals surface area contributed by atoms with Crippen molar-refractivity contribution in [2.45, 2.75) is 44.1 Å². The number of nitrogens with one attached hydrogen (secondary N) is 3. The van der Waals surface area contributed by atoms with Crippen molar-refractivity contribution in [3.8, 4) is 0 Å². The minimum Gasteiger partial charge on any atom is -0.326 e. The minimum absolute atomic E-state index is 0.0361. The molecule has 0 aromatic carbocycles. The van der Waals surface area contributed by atoms with Gasteiger partial charge in [-0.2, -0.15) is 20.1 Å². The molecule has 1 aliphatic heterocycles. The standard InChI is InChI=1S/C19H21ClN10O/c1-19(15(31)23-14-10-21-6-7-22-14)5-2-8-30(19)18-26-16(20)25-17(27-18)24-13-9-12(28-29-13)11-3-4-11/h6-7,9-11H,2-5,8H2,1H3,(H,22,23,31)(H2,24,25,26,27,28,29). The largest absolute Gasteiger partial charge is 0.326 e. The smallest absolute Gasteiger partial charge is 0.251 e. The van der Waals surface area contributed by atoms with Crippen LogP contribution in [0, 0.1) is 0 Å². The molecule has 3 aromatic rings. The monoisotopic (exact) mass is 440 g/mol. The Morgan fingerprint density at radius 2 is 2.13 bits per heavy atom. The summed E-state index contributed by atoms with van der Waals surface area (Å²) in [5.41, 5.74) is 0.223. The number of H-pyrrole nitrogens is 1. The van der Waals surface area contributed by atoms with Crippen molar-refractivity contribution >= 4 is 41.0 Å². The summed E-state index contributed by atoms with van der Waals surface area (Å²) >= 11 is 6.19. The molecular weight excluding hydrogens is 420 g/mol. The maximum absolute atomic E-state index is 13.1. The van der Waals surface area contributed by atoms with Crippen molar-refractivity contribution in [2.75, 3.05) is 22.1 Å². The fourth-order valence-corrected chi connectivity index (χ4v) is 3.93. The zero-order valence-corrected chi connectivity index (χ0v) is 17.6. The van der Waals surface area contributed by atoms with Crippen LogP contribution in [0.5, 0.6) is 0 Å². The molecule has 1 saturated carbocycles. The Morgan fingerprint density at radius 1 is 1.26 bits per heavy atom. The molecule has 0 radical (unpaired) electrons. The molecule has 1 atom stereocenters. The van der Waals surface area contributed by atoms with Crippen LogP contribution in [0.15, 0.2) is 24.7 Å². The van der Waals surface area contributed by atoms with Gasteiger partial charge in [0.1, 0.15) is 5.54 Å². The number of hydrogen-bond acceptors (Lipinski definition) is 9. The predicted molar refractivity (Wildman–Crippen MR) is 114 cm³/mol. The zero-order chi connectivity index (χ0) is 21.4. The normalized spacial score (nSPS) is 20.6. The summed E-state index contributed by atoms with van der Waals surface area (Å²) in [5, 5.41) is 13.2. The molecule has 3 aromatic heterocycles. The lowest BCUT2D eigenvalue weighted by Gasteiger charge is -2.33. The van der Waals surface area contributed by atoms with Crippen LogP contribution in [0.1, 0.15) is 44.2 Å². The highest BCUT2D eigenvalue weighted by Gasteiger charge is 2.45. The highest BCUT2D eigenvalue weighted by Crippen LogP contribution is 2.39. The van der Waals surface area contributed by atoms with Gasteiger partial charge in [-0.1, -0.05) is 0 Å². The van der Waals surface area contributed by atoms with Crippen LogP contribution in [0.3, 0.4) is 0 Å². The lowest BCUT2D eigenvalue weighted by molar-refractivity contribution is -0.120. The van der Waals surface area contributed by atoms with E-state index in [1.165, 1.54) is 25.2 Å². The molecule has 1 aliphatic carbocycles. The van der Waals surface area contributed by atoms with Crippen molar-refractivity contribution < 1.29 is 4.79 Å². The summed E-state index contributed by atoms with van der Waals surface area (Å²) in [4.78, 5) is 36.0. The van der Waals surface area contributed by atoms with Gasteiger partial charge in [0.15, 0.2) is 11.6 Å². The first kappa shape index (κ1) is 19.6. The fraction of sp³-hybridized carbons (Fsp3) is 0.421. The molecule has 11 nitrogen and oxygen atoms in total. The van der Waals surface area contributed by atoms with Gasteiger partial charge in [0.05, 0.1) is 6.20 Å². The molecule has 0 bridgehead atoms. The molecule has 0 spiro atoms. The van der Waals surface area contributed by atoms with Gasteiger partial charge >= 0.3 is 0 Å². The number of carbonyl (C=O) groups is 1. The van der Waals surface area contributed by atoms with Gasteiger partial charge in [0, 0.05) is 36.6 Å². The van der Waals surface area contributed by atoms with E-state index in [0.717, 1.165) is 12.1 Å². The van der Waals surface area contributed by atoms with E-state index in [9.17, 15) is 4.79 Å². The third kappa shape index (κ3) is 4.00. The van der Waals surface area contributed by atoms with Crippen LogP contribution in [-0.4, -0.2) is 53.1 Å².